The quantitative estimate of drug-likeness (QED) is 0.915. The van der Waals surface area contributed by atoms with Crippen LogP contribution in [0, 0.1) is 11.3 Å². The zero-order valence-corrected chi connectivity index (χ0v) is 14.9. The van der Waals surface area contributed by atoms with Crippen LogP contribution in [0.5, 0.6) is 0 Å². The van der Waals surface area contributed by atoms with Gasteiger partial charge in [0.05, 0.1) is 0 Å². The van der Waals surface area contributed by atoms with E-state index in [1.807, 2.05) is 0 Å². The summed E-state index contributed by atoms with van der Waals surface area (Å²) in [6.45, 7) is 2.00. The SMILES string of the molecule is CNC1(c2ccccc2)CCC2(CCN(C(=O)CC3CC3)C2)CC1. The second-order valence-electron chi connectivity index (χ2n) is 8.41. The highest BCUT2D eigenvalue weighted by atomic mass is 16.2. The molecule has 0 aromatic heterocycles. The third-order valence-corrected chi connectivity index (χ3v) is 6.92. The summed E-state index contributed by atoms with van der Waals surface area (Å²) in [5, 5.41) is 3.63. The molecule has 1 spiro atoms. The third kappa shape index (κ3) is 2.99. The molecule has 130 valence electrons. The molecule has 0 unspecified atom stereocenters. The van der Waals surface area contributed by atoms with E-state index in [1.165, 1.54) is 50.5 Å². The number of benzene rings is 1. The van der Waals surface area contributed by atoms with Crippen molar-refractivity contribution in [2.24, 2.45) is 11.3 Å². The molecule has 1 aliphatic heterocycles. The lowest BCUT2D eigenvalue weighted by Crippen LogP contribution is -2.46. The van der Waals surface area contributed by atoms with Gasteiger partial charge in [-0.25, -0.2) is 0 Å². The Balaban J connectivity index is 1.41. The summed E-state index contributed by atoms with van der Waals surface area (Å²) in [6.07, 6.45) is 9.37. The lowest BCUT2D eigenvalue weighted by Gasteiger charge is -2.45. The van der Waals surface area contributed by atoms with Crippen molar-refractivity contribution in [3.8, 4) is 0 Å². The summed E-state index contributed by atoms with van der Waals surface area (Å²) >= 11 is 0. The van der Waals surface area contributed by atoms with E-state index in [2.05, 4.69) is 47.6 Å². The first-order valence-electron chi connectivity index (χ1n) is 9.67. The van der Waals surface area contributed by atoms with Crippen LogP contribution in [0.2, 0.25) is 0 Å². The summed E-state index contributed by atoms with van der Waals surface area (Å²) in [5.74, 6) is 1.12. The Hall–Kier alpha value is -1.35. The molecule has 0 atom stereocenters. The second-order valence-corrected chi connectivity index (χ2v) is 8.41. The highest BCUT2D eigenvalue weighted by Gasteiger charge is 2.47. The van der Waals surface area contributed by atoms with Gasteiger partial charge < -0.3 is 10.2 Å². The molecule has 3 heteroatoms. The second kappa shape index (κ2) is 6.18. The van der Waals surface area contributed by atoms with Gasteiger partial charge in [0, 0.05) is 25.0 Å². The zero-order chi connectivity index (χ0) is 16.6. The van der Waals surface area contributed by atoms with Crippen molar-refractivity contribution in [3.63, 3.8) is 0 Å². The van der Waals surface area contributed by atoms with Crippen molar-refractivity contribution in [1.82, 2.24) is 10.2 Å². The Morgan fingerprint density at radius 2 is 1.83 bits per heavy atom. The molecule has 0 bridgehead atoms. The van der Waals surface area contributed by atoms with Crippen LogP contribution < -0.4 is 5.32 Å². The highest BCUT2D eigenvalue weighted by molar-refractivity contribution is 5.77. The van der Waals surface area contributed by atoms with Crippen LogP contribution in [0.1, 0.15) is 56.9 Å². The van der Waals surface area contributed by atoms with E-state index in [0.717, 1.165) is 19.5 Å². The van der Waals surface area contributed by atoms with Crippen LogP contribution in [0.4, 0.5) is 0 Å². The molecule has 1 N–H and O–H groups in total. The number of amides is 1. The first kappa shape index (κ1) is 16.1. The number of carbonyl (C=O) groups excluding carboxylic acids is 1. The maximum atomic E-state index is 12.4. The van der Waals surface area contributed by atoms with Crippen molar-refractivity contribution in [3.05, 3.63) is 35.9 Å². The van der Waals surface area contributed by atoms with Crippen LogP contribution in [-0.2, 0) is 10.3 Å². The molecule has 2 aliphatic carbocycles. The predicted molar refractivity (Wildman–Crippen MR) is 96.6 cm³/mol. The Morgan fingerprint density at radius 3 is 2.46 bits per heavy atom. The van der Waals surface area contributed by atoms with Crippen LogP contribution in [0.3, 0.4) is 0 Å². The largest absolute Gasteiger partial charge is 0.342 e. The fourth-order valence-electron chi connectivity index (χ4n) is 4.90. The van der Waals surface area contributed by atoms with Gasteiger partial charge in [0.25, 0.3) is 0 Å². The smallest absolute Gasteiger partial charge is 0.222 e. The molecule has 24 heavy (non-hydrogen) atoms. The maximum Gasteiger partial charge on any atom is 0.222 e. The van der Waals surface area contributed by atoms with Gasteiger partial charge in [-0.3, -0.25) is 4.79 Å². The van der Waals surface area contributed by atoms with E-state index in [9.17, 15) is 4.79 Å². The Morgan fingerprint density at radius 1 is 1.12 bits per heavy atom. The average Bonchev–Trinajstić information content (AvgIpc) is 3.35. The van der Waals surface area contributed by atoms with Crippen LogP contribution >= 0.6 is 0 Å². The molecule has 1 aromatic rings. The van der Waals surface area contributed by atoms with E-state index in [0.29, 0.717) is 17.2 Å². The molecule has 4 rings (SSSR count). The zero-order valence-electron chi connectivity index (χ0n) is 14.9. The minimum absolute atomic E-state index is 0.123. The predicted octanol–water partition coefficient (Wildman–Crippen LogP) is 3.69. The molecule has 1 heterocycles. The number of likely N-dealkylation sites (tertiary alicyclic amines) is 1. The van der Waals surface area contributed by atoms with Gasteiger partial charge >= 0.3 is 0 Å². The Bertz CT molecular complexity index is 585. The topological polar surface area (TPSA) is 32.3 Å². The Labute approximate surface area is 145 Å². The van der Waals surface area contributed by atoms with Gasteiger partial charge in [0.15, 0.2) is 0 Å². The lowest BCUT2D eigenvalue weighted by molar-refractivity contribution is -0.131. The number of rotatable bonds is 4. The molecule has 1 amide bonds. The number of nitrogens with zero attached hydrogens (tertiary/aromatic N) is 1. The number of carbonyl (C=O) groups is 1. The van der Waals surface area contributed by atoms with Gasteiger partial charge in [0.2, 0.25) is 5.91 Å². The van der Waals surface area contributed by atoms with Crippen molar-refractivity contribution >= 4 is 5.91 Å². The summed E-state index contributed by atoms with van der Waals surface area (Å²) in [5.41, 5.74) is 1.92. The first-order valence-corrected chi connectivity index (χ1v) is 9.67. The summed E-state index contributed by atoms with van der Waals surface area (Å²) in [6, 6.07) is 10.9. The Kier molecular flexibility index (Phi) is 4.16. The van der Waals surface area contributed by atoms with E-state index in [-0.39, 0.29) is 5.54 Å². The molecule has 1 saturated heterocycles. The summed E-state index contributed by atoms with van der Waals surface area (Å²) in [7, 11) is 2.10. The van der Waals surface area contributed by atoms with E-state index < -0.39 is 0 Å². The summed E-state index contributed by atoms with van der Waals surface area (Å²) < 4.78 is 0. The van der Waals surface area contributed by atoms with Gasteiger partial charge in [-0.2, -0.15) is 0 Å². The molecular weight excluding hydrogens is 296 g/mol. The highest BCUT2D eigenvalue weighted by Crippen LogP contribution is 2.50. The van der Waals surface area contributed by atoms with Gasteiger partial charge in [-0.05, 0) is 68.9 Å². The molecule has 2 saturated carbocycles. The number of hydrogen-bond acceptors (Lipinski definition) is 2. The fraction of sp³-hybridized carbons (Fsp3) is 0.667. The van der Waals surface area contributed by atoms with Crippen molar-refractivity contribution in [2.45, 2.75) is 56.9 Å². The molecule has 0 radical (unpaired) electrons. The van der Waals surface area contributed by atoms with Crippen molar-refractivity contribution in [2.75, 3.05) is 20.1 Å². The van der Waals surface area contributed by atoms with E-state index >= 15 is 0 Å². The lowest BCUT2D eigenvalue weighted by atomic mass is 9.65. The number of nitrogens with one attached hydrogen (secondary N) is 1. The number of hydrogen-bond donors (Lipinski definition) is 1. The van der Waals surface area contributed by atoms with E-state index in [4.69, 9.17) is 0 Å². The normalized spacial score (nSPS) is 33.1. The summed E-state index contributed by atoms with van der Waals surface area (Å²) in [4.78, 5) is 14.6. The van der Waals surface area contributed by atoms with Gasteiger partial charge in [-0.15, -0.1) is 0 Å². The third-order valence-electron chi connectivity index (χ3n) is 6.92. The molecule has 3 fully saturated rings. The maximum absolute atomic E-state index is 12.4. The van der Waals surface area contributed by atoms with Gasteiger partial charge in [-0.1, -0.05) is 30.3 Å². The van der Waals surface area contributed by atoms with E-state index in [1.54, 1.807) is 0 Å². The monoisotopic (exact) mass is 326 g/mol. The van der Waals surface area contributed by atoms with Crippen LogP contribution in [0.25, 0.3) is 0 Å². The molecule has 3 nitrogen and oxygen atoms in total. The molecular formula is C21H30N2O. The van der Waals surface area contributed by atoms with Crippen molar-refractivity contribution in [1.29, 1.82) is 0 Å². The fourth-order valence-corrected chi connectivity index (χ4v) is 4.90. The molecule has 3 aliphatic rings. The van der Waals surface area contributed by atoms with Crippen LogP contribution in [-0.4, -0.2) is 30.9 Å². The average molecular weight is 326 g/mol. The molecule has 1 aromatic carbocycles. The van der Waals surface area contributed by atoms with Crippen molar-refractivity contribution < 1.29 is 4.79 Å². The minimum Gasteiger partial charge on any atom is -0.342 e. The van der Waals surface area contributed by atoms with Gasteiger partial charge in [0.1, 0.15) is 0 Å². The first-order chi connectivity index (χ1) is 11.6. The standard InChI is InChI=1S/C21H30N2O/c1-22-21(18-5-3-2-4-6-18)11-9-20(10-12-21)13-14-23(16-20)19(24)15-17-7-8-17/h2-6,17,22H,7-16H2,1H3. The van der Waals surface area contributed by atoms with Crippen LogP contribution in [0.15, 0.2) is 30.3 Å². The minimum atomic E-state index is 0.123.